The van der Waals surface area contributed by atoms with Crippen LogP contribution in [0.25, 0.3) is 5.57 Å². The second kappa shape index (κ2) is 5.90. The molecular formula is C20H20O2. The summed E-state index contributed by atoms with van der Waals surface area (Å²) >= 11 is 0. The second-order valence-corrected chi connectivity index (χ2v) is 5.76. The van der Waals surface area contributed by atoms with Gasteiger partial charge in [0, 0.05) is 11.1 Å². The fourth-order valence-corrected chi connectivity index (χ4v) is 2.72. The zero-order valence-electron chi connectivity index (χ0n) is 13.1. The smallest absolute Gasteiger partial charge is 0.194 e. The molecule has 0 aromatic heterocycles. The lowest BCUT2D eigenvalue weighted by Gasteiger charge is -2.21. The molecule has 0 N–H and O–H groups in total. The van der Waals surface area contributed by atoms with E-state index in [2.05, 4.69) is 20.4 Å². The number of rotatable bonds is 4. The molecule has 0 bridgehead atoms. The Balaban J connectivity index is 1.96. The molecule has 1 unspecified atom stereocenters. The molecule has 0 aliphatic heterocycles. The van der Waals surface area contributed by atoms with Gasteiger partial charge in [-0.1, -0.05) is 49.9 Å². The molecule has 0 amide bonds. The summed E-state index contributed by atoms with van der Waals surface area (Å²) < 4.78 is 5.77. The molecule has 1 aliphatic carbocycles. The van der Waals surface area contributed by atoms with Gasteiger partial charge in [0.15, 0.2) is 5.78 Å². The van der Waals surface area contributed by atoms with Crippen molar-refractivity contribution in [3.05, 3.63) is 76.9 Å². The standard InChI is InChI=1S/C20H20O2/c1-4-13(2)22-12-15-9-10-17-14(3)16-7-5-6-8-18(16)20(21)19(17)11-15/h5-11,13H,3-4,12H2,1-2H3. The lowest BCUT2D eigenvalue weighted by Crippen LogP contribution is -2.15. The maximum Gasteiger partial charge on any atom is 0.194 e. The van der Waals surface area contributed by atoms with E-state index in [-0.39, 0.29) is 11.9 Å². The van der Waals surface area contributed by atoms with Gasteiger partial charge >= 0.3 is 0 Å². The van der Waals surface area contributed by atoms with Gasteiger partial charge in [0.25, 0.3) is 0 Å². The van der Waals surface area contributed by atoms with Crippen molar-refractivity contribution in [2.45, 2.75) is 33.0 Å². The molecule has 2 aromatic rings. The highest BCUT2D eigenvalue weighted by atomic mass is 16.5. The van der Waals surface area contributed by atoms with Crippen molar-refractivity contribution in [1.82, 2.24) is 0 Å². The topological polar surface area (TPSA) is 26.3 Å². The second-order valence-electron chi connectivity index (χ2n) is 5.76. The van der Waals surface area contributed by atoms with E-state index in [1.807, 2.05) is 42.5 Å². The minimum atomic E-state index is 0.0726. The number of carbonyl (C=O) groups excluding carboxylic acids is 1. The highest BCUT2D eigenvalue weighted by Gasteiger charge is 2.25. The van der Waals surface area contributed by atoms with Gasteiger partial charge in [-0.2, -0.15) is 0 Å². The number of hydrogen-bond acceptors (Lipinski definition) is 2. The molecule has 2 heteroatoms. The molecular weight excluding hydrogens is 272 g/mol. The lowest BCUT2D eigenvalue weighted by atomic mass is 9.81. The number of ether oxygens (including phenoxy) is 1. The SMILES string of the molecule is C=C1c2ccccc2C(=O)c2cc(COC(C)CC)ccc21. The molecule has 0 radical (unpaired) electrons. The summed E-state index contributed by atoms with van der Waals surface area (Å²) in [4.78, 5) is 12.7. The van der Waals surface area contributed by atoms with Crippen molar-refractivity contribution in [3.8, 4) is 0 Å². The van der Waals surface area contributed by atoms with Crippen LogP contribution in [0.5, 0.6) is 0 Å². The van der Waals surface area contributed by atoms with Gasteiger partial charge in [-0.25, -0.2) is 0 Å². The predicted molar refractivity (Wildman–Crippen MR) is 89.0 cm³/mol. The van der Waals surface area contributed by atoms with Crippen LogP contribution < -0.4 is 0 Å². The zero-order valence-corrected chi connectivity index (χ0v) is 13.1. The third-order valence-corrected chi connectivity index (χ3v) is 4.26. The van der Waals surface area contributed by atoms with Gasteiger partial charge in [-0.3, -0.25) is 4.79 Å². The van der Waals surface area contributed by atoms with Gasteiger partial charge < -0.3 is 4.74 Å². The average molecular weight is 292 g/mol. The van der Waals surface area contributed by atoms with Crippen molar-refractivity contribution in [2.75, 3.05) is 0 Å². The monoisotopic (exact) mass is 292 g/mol. The summed E-state index contributed by atoms with van der Waals surface area (Å²) in [6, 6.07) is 13.6. The maximum absolute atomic E-state index is 12.7. The Morgan fingerprint density at radius 3 is 2.45 bits per heavy atom. The third kappa shape index (κ3) is 2.51. The zero-order chi connectivity index (χ0) is 15.7. The Kier molecular flexibility index (Phi) is 3.95. The summed E-state index contributed by atoms with van der Waals surface area (Å²) in [5.41, 5.74) is 5.27. The molecule has 0 saturated carbocycles. The van der Waals surface area contributed by atoms with Crippen molar-refractivity contribution in [2.24, 2.45) is 0 Å². The van der Waals surface area contributed by atoms with Crippen molar-refractivity contribution < 1.29 is 9.53 Å². The van der Waals surface area contributed by atoms with Crippen molar-refractivity contribution in [1.29, 1.82) is 0 Å². The molecule has 2 aromatic carbocycles. The Morgan fingerprint density at radius 1 is 1.05 bits per heavy atom. The largest absolute Gasteiger partial charge is 0.374 e. The Hall–Kier alpha value is -2.19. The number of fused-ring (bicyclic) bond motifs is 2. The molecule has 0 fully saturated rings. The molecule has 0 heterocycles. The van der Waals surface area contributed by atoms with E-state index in [4.69, 9.17) is 4.74 Å². The van der Waals surface area contributed by atoms with Gasteiger partial charge in [-0.15, -0.1) is 0 Å². The molecule has 1 aliphatic rings. The molecule has 22 heavy (non-hydrogen) atoms. The highest BCUT2D eigenvalue weighted by Crippen LogP contribution is 2.35. The van der Waals surface area contributed by atoms with Gasteiger partial charge in [0.05, 0.1) is 12.7 Å². The number of hydrogen-bond donors (Lipinski definition) is 0. The number of carbonyl (C=O) groups is 1. The first-order valence-electron chi connectivity index (χ1n) is 7.69. The van der Waals surface area contributed by atoms with Crippen LogP contribution in [0.2, 0.25) is 0 Å². The fraction of sp³-hybridized carbons (Fsp3) is 0.250. The van der Waals surface area contributed by atoms with Crippen molar-refractivity contribution in [3.63, 3.8) is 0 Å². The summed E-state index contributed by atoms with van der Waals surface area (Å²) in [5.74, 6) is 0.0726. The van der Waals surface area contributed by atoms with Crippen LogP contribution in [0.3, 0.4) is 0 Å². The van der Waals surface area contributed by atoms with E-state index in [9.17, 15) is 4.79 Å². The first kappa shape index (κ1) is 14.7. The molecule has 0 saturated heterocycles. The average Bonchev–Trinajstić information content (AvgIpc) is 2.57. The van der Waals surface area contributed by atoms with Gasteiger partial charge in [0.2, 0.25) is 0 Å². The maximum atomic E-state index is 12.7. The van der Waals surface area contributed by atoms with E-state index in [1.165, 1.54) is 0 Å². The van der Waals surface area contributed by atoms with Crippen LogP contribution in [0.4, 0.5) is 0 Å². The van der Waals surface area contributed by atoms with Crippen LogP contribution in [0.15, 0.2) is 49.0 Å². The number of ketones is 1. The third-order valence-electron chi connectivity index (χ3n) is 4.26. The molecule has 1 atom stereocenters. The van der Waals surface area contributed by atoms with Gasteiger partial charge in [-0.05, 0) is 41.7 Å². The Morgan fingerprint density at radius 2 is 1.73 bits per heavy atom. The van der Waals surface area contributed by atoms with Gasteiger partial charge in [0.1, 0.15) is 0 Å². The van der Waals surface area contributed by atoms with E-state index < -0.39 is 0 Å². The normalized spacial score (nSPS) is 14.5. The van der Waals surface area contributed by atoms with Crippen LogP contribution >= 0.6 is 0 Å². The summed E-state index contributed by atoms with van der Waals surface area (Å²) in [6.45, 7) is 8.85. The Labute approximate surface area is 131 Å². The minimum Gasteiger partial charge on any atom is -0.374 e. The van der Waals surface area contributed by atoms with Crippen LogP contribution in [0, 0.1) is 0 Å². The van der Waals surface area contributed by atoms with E-state index in [1.54, 1.807) is 0 Å². The fourth-order valence-electron chi connectivity index (χ4n) is 2.72. The highest BCUT2D eigenvalue weighted by molar-refractivity contribution is 6.18. The summed E-state index contributed by atoms with van der Waals surface area (Å²) in [5, 5.41) is 0. The molecule has 0 spiro atoms. The van der Waals surface area contributed by atoms with Crippen LogP contribution in [0.1, 0.15) is 52.9 Å². The summed E-state index contributed by atoms with van der Waals surface area (Å²) in [7, 11) is 0. The van der Waals surface area contributed by atoms with Crippen LogP contribution in [-0.4, -0.2) is 11.9 Å². The number of benzene rings is 2. The van der Waals surface area contributed by atoms with E-state index >= 15 is 0 Å². The first-order chi connectivity index (χ1) is 10.6. The Bertz CT molecular complexity index is 743. The molecule has 2 nitrogen and oxygen atoms in total. The summed E-state index contributed by atoms with van der Waals surface area (Å²) in [6.07, 6.45) is 1.20. The van der Waals surface area contributed by atoms with E-state index in [0.717, 1.165) is 39.8 Å². The quantitative estimate of drug-likeness (QED) is 0.702. The van der Waals surface area contributed by atoms with Crippen LogP contribution in [-0.2, 0) is 11.3 Å². The first-order valence-corrected chi connectivity index (χ1v) is 7.69. The molecule has 3 rings (SSSR count). The minimum absolute atomic E-state index is 0.0726. The predicted octanol–water partition coefficient (Wildman–Crippen LogP) is 4.61. The van der Waals surface area contributed by atoms with Crippen molar-refractivity contribution >= 4 is 11.4 Å². The molecule has 112 valence electrons. The van der Waals surface area contributed by atoms with E-state index in [0.29, 0.717) is 6.61 Å². The lowest BCUT2D eigenvalue weighted by molar-refractivity contribution is 0.0508.